The number of ether oxygens (including phenoxy) is 2. The second-order valence-electron chi connectivity index (χ2n) is 10.4. The van der Waals surface area contributed by atoms with Crippen molar-refractivity contribution in [3.8, 4) is 11.8 Å². The SMILES string of the molecule is [C-]#[N+]C[C@@H]1CCCN(c2nc(OC[C@@H]3CCCN3C)nc3c2CCN(c2cccc(OC)c2C)C3)C1. The molecule has 8 nitrogen and oxygen atoms in total. The number of benzene rings is 1. The Bertz CT molecular complexity index is 1120. The quantitative estimate of drug-likeness (QED) is 0.545. The number of fused-ring (bicyclic) bond motifs is 1. The third kappa shape index (κ3) is 5.08. The van der Waals surface area contributed by atoms with Gasteiger partial charge in [0.25, 0.3) is 0 Å². The summed E-state index contributed by atoms with van der Waals surface area (Å²) in [6.45, 7) is 15.3. The minimum Gasteiger partial charge on any atom is -0.496 e. The Morgan fingerprint density at radius 3 is 2.75 bits per heavy atom. The summed E-state index contributed by atoms with van der Waals surface area (Å²) in [5.74, 6) is 2.33. The van der Waals surface area contributed by atoms with Crippen molar-refractivity contribution in [3.63, 3.8) is 0 Å². The summed E-state index contributed by atoms with van der Waals surface area (Å²) < 4.78 is 11.8. The molecule has 4 heterocycles. The number of methoxy groups -OCH3 is 1. The predicted molar refractivity (Wildman–Crippen MR) is 142 cm³/mol. The number of hydrogen-bond donors (Lipinski definition) is 0. The van der Waals surface area contributed by atoms with Gasteiger partial charge in [-0.2, -0.15) is 9.97 Å². The van der Waals surface area contributed by atoms with Crippen molar-refractivity contribution in [2.75, 3.05) is 63.3 Å². The largest absolute Gasteiger partial charge is 0.496 e. The van der Waals surface area contributed by atoms with E-state index < -0.39 is 0 Å². The Kier molecular flexibility index (Phi) is 7.47. The number of nitrogens with zero attached hydrogens (tertiary/aromatic N) is 6. The second kappa shape index (κ2) is 10.9. The Labute approximate surface area is 215 Å². The maximum Gasteiger partial charge on any atom is 0.318 e. The first-order chi connectivity index (χ1) is 17.6. The van der Waals surface area contributed by atoms with E-state index in [1.807, 2.05) is 6.07 Å². The van der Waals surface area contributed by atoms with E-state index in [4.69, 9.17) is 26.0 Å². The Morgan fingerprint density at radius 1 is 1.11 bits per heavy atom. The van der Waals surface area contributed by atoms with Gasteiger partial charge in [-0.1, -0.05) is 6.07 Å². The number of likely N-dealkylation sites (N-methyl/N-ethyl adjacent to an activating group) is 1. The van der Waals surface area contributed by atoms with Gasteiger partial charge in [-0.15, -0.1) is 0 Å². The first-order valence-corrected chi connectivity index (χ1v) is 13.3. The van der Waals surface area contributed by atoms with E-state index in [-0.39, 0.29) is 0 Å². The van der Waals surface area contributed by atoms with Gasteiger partial charge in [0.2, 0.25) is 6.54 Å². The maximum absolute atomic E-state index is 7.34. The molecule has 0 N–H and O–H groups in total. The van der Waals surface area contributed by atoms with Crippen molar-refractivity contribution < 1.29 is 9.47 Å². The van der Waals surface area contributed by atoms with Crippen molar-refractivity contribution in [2.24, 2.45) is 5.92 Å². The molecule has 0 amide bonds. The van der Waals surface area contributed by atoms with Crippen LogP contribution in [0.5, 0.6) is 11.8 Å². The molecule has 5 rings (SSSR count). The molecule has 36 heavy (non-hydrogen) atoms. The lowest BCUT2D eigenvalue weighted by molar-refractivity contribution is 0.187. The van der Waals surface area contributed by atoms with E-state index >= 15 is 0 Å². The van der Waals surface area contributed by atoms with Crippen LogP contribution in [-0.2, 0) is 13.0 Å². The van der Waals surface area contributed by atoms with Crippen molar-refractivity contribution in [1.29, 1.82) is 0 Å². The summed E-state index contributed by atoms with van der Waals surface area (Å²) in [6, 6.07) is 7.14. The number of aromatic nitrogens is 2. The van der Waals surface area contributed by atoms with E-state index in [9.17, 15) is 0 Å². The van der Waals surface area contributed by atoms with Crippen LogP contribution in [0.4, 0.5) is 11.5 Å². The molecule has 0 bridgehead atoms. The van der Waals surface area contributed by atoms with E-state index in [2.05, 4.69) is 45.6 Å². The minimum atomic E-state index is 0.401. The number of rotatable bonds is 7. The molecule has 2 saturated heterocycles. The van der Waals surface area contributed by atoms with Gasteiger partial charge in [0.1, 0.15) is 18.2 Å². The zero-order valence-corrected chi connectivity index (χ0v) is 21.9. The fraction of sp³-hybridized carbons (Fsp3) is 0.607. The average Bonchev–Trinajstić information content (AvgIpc) is 3.31. The molecule has 0 spiro atoms. The van der Waals surface area contributed by atoms with E-state index in [1.54, 1.807) is 7.11 Å². The van der Waals surface area contributed by atoms with Gasteiger partial charge in [0.05, 0.1) is 19.3 Å². The summed E-state index contributed by atoms with van der Waals surface area (Å²) in [5, 5.41) is 0. The maximum atomic E-state index is 7.34. The molecule has 2 fully saturated rings. The molecule has 1 aromatic carbocycles. The van der Waals surface area contributed by atoms with Crippen molar-refractivity contribution in [3.05, 3.63) is 46.4 Å². The van der Waals surface area contributed by atoms with Gasteiger partial charge in [0.15, 0.2) is 0 Å². The molecule has 8 heteroatoms. The fourth-order valence-electron chi connectivity index (χ4n) is 5.98. The van der Waals surface area contributed by atoms with E-state index in [0.717, 1.165) is 81.2 Å². The summed E-state index contributed by atoms with van der Waals surface area (Å²) in [7, 11) is 3.89. The van der Waals surface area contributed by atoms with Crippen LogP contribution in [0.15, 0.2) is 18.2 Å². The van der Waals surface area contributed by atoms with Gasteiger partial charge < -0.3 is 29.0 Å². The summed E-state index contributed by atoms with van der Waals surface area (Å²) in [5.41, 5.74) is 4.62. The first kappa shape index (κ1) is 24.6. The fourth-order valence-corrected chi connectivity index (χ4v) is 5.98. The molecule has 0 unspecified atom stereocenters. The lowest BCUT2D eigenvalue weighted by Crippen LogP contribution is -2.40. The number of piperidine rings is 1. The van der Waals surface area contributed by atoms with Crippen LogP contribution in [-0.4, -0.2) is 74.4 Å². The first-order valence-electron chi connectivity index (χ1n) is 13.3. The highest BCUT2D eigenvalue weighted by Crippen LogP contribution is 2.35. The Hall–Kier alpha value is -3.05. The summed E-state index contributed by atoms with van der Waals surface area (Å²) in [6.07, 6.45) is 5.47. The van der Waals surface area contributed by atoms with Gasteiger partial charge in [-0.3, -0.25) is 0 Å². The summed E-state index contributed by atoms with van der Waals surface area (Å²) in [4.78, 5) is 20.8. The van der Waals surface area contributed by atoms with Gasteiger partial charge in [0, 0.05) is 48.4 Å². The molecule has 0 saturated carbocycles. The molecule has 0 radical (unpaired) electrons. The highest BCUT2D eigenvalue weighted by molar-refractivity contribution is 5.61. The van der Waals surface area contributed by atoms with Crippen LogP contribution < -0.4 is 19.3 Å². The van der Waals surface area contributed by atoms with Crippen LogP contribution in [0.2, 0.25) is 0 Å². The zero-order chi connectivity index (χ0) is 25.1. The minimum absolute atomic E-state index is 0.401. The smallest absolute Gasteiger partial charge is 0.318 e. The summed E-state index contributed by atoms with van der Waals surface area (Å²) >= 11 is 0. The third-order valence-corrected chi connectivity index (χ3v) is 8.08. The normalized spacial score (nSPS) is 22.3. The van der Waals surface area contributed by atoms with Gasteiger partial charge in [-0.05, 0) is 64.8 Å². The molecule has 0 aliphatic carbocycles. The lowest BCUT2D eigenvalue weighted by atomic mass is 9.96. The lowest BCUT2D eigenvalue weighted by Gasteiger charge is -2.36. The third-order valence-electron chi connectivity index (χ3n) is 8.08. The van der Waals surface area contributed by atoms with Crippen LogP contribution in [0.1, 0.15) is 42.5 Å². The van der Waals surface area contributed by atoms with Crippen molar-refractivity contribution in [1.82, 2.24) is 14.9 Å². The molecule has 192 valence electrons. The van der Waals surface area contributed by atoms with Crippen LogP contribution in [0.25, 0.3) is 4.85 Å². The molecule has 3 aliphatic rings. The topological polar surface area (TPSA) is 58.3 Å². The van der Waals surface area contributed by atoms with E-state index in [1.165, 1.54) is 17.7 Å². The molecule has 3 aliphatic heterocycles. The van der Waals surface area contributed by atoms with Gasteiger partial charge >= 0.3 is 6.01 Å². The highest BCUT2D eigenvalue weighted by Gasteiger charge is 2.30. The molecule has 1 aromatic heterocycles. The number of anilines is 2. The van der Waals surface area contributed by atoms with Crippen molar-refractivity contribution >= 4 is 11.5 Å². The van der Waals surface area contributed by atoms with Gasteiger partial charge in [-0.25, -0.2) is 6.57 Å². The number of hydrogen-bond acceptors (Lipinski definition) is 7. The van der Waals surface area contributed by atoms with Crippen LogP contribution in [0.3, 0.4) is 0 Å². The molecule has 2 atom stereocenters. The monoisotopic (exact) mass is 490 g/mol. The second-order valence-corrected chi connectivity index (χ2v) is 10.4. The molecule has 2 aromatic rings. The van der Waals surface area contributed by atoms with Crippen LogP contribution in [0, 0.1) is 19.4 Å². The Balaban J connectivity index is 1.44. The predicted octanol–water partition coefficient (Wildman–Crippen LogP) is 3.97. The molecular weight excluding hydrogens is 452 g/mol. The number of likely N-dealkylation sites (tertiary alicyclic amines) is 1. The molecular formula is C28H38N6O2. The van der Waals surface area contributed by atoms with Crippen molar-refractivity contribution in [2.45, 2.75) is 51.6 Å². The average molecular weight is 491 g/mol. The standard InChI is InChI=1S/C28H38N6O2/c1-20-25(10-5-11-26(20)35-4)33-15-12-23-24(18-33)30-28(36-19-22-9-7-13-32(22)3)31-27(23)34-14-6-8-21(17-34)16-29-2/h5,10-11,21-22H,6-9,12-19H2,1,3-4H3/t21-,22-/m0/s1. The highest BCUT2D eigenvalue weighted by atomic mass is 16.5. The van der Waals surface area contributed by atoms with Crippen LogP contribution >= 0.6 is 0 Å². The van der Waals surface area contributed by atoms with E-state index in [0.29, 0.717) is 31.1 Å². The zero-order valence-electron chi connectivity index (χ0n) is 21.9. The Morgan fingerprint density at radius 2 is 1.97 bits per heavy atom.